The Hall–Kier alpha value is -2.04. The fraction of sp³-hybridized carbons (Fsp3) is 0.480. The average molecular weight is 526 g/mol. The Balaban J connectivity index is 1.64. The lowest BCUT2D eigenvalue weighted by Gasteiger charge is -2.18. The first-order valence-corrected chi connectivity index (χ1v) is 14.3. The molecule has 1 saturated carbocycles. The normalized spacial score (nSPS) is 15.5. The molecule has 1 fully saturated rings. The SMILES string of the molecule is CCCCN(C)S(=O)(=O)c1ccc2c(c1)nc(SCc1ccc(C(F)(F)F)cc1)n2C1CCCC1. The summed E-state index contributed by atoms with van der Waals surface area (Å²) < 4.78 is 68.3. The van der Waals surface area contributed by atoms with Crippen LogP contribution in [0.2, 0.25) is 0 Å². The van der Waals surface area contributed by atoms with Gasteiger partial charge in [0.1, 0.15) is 0 Å². The number of nitrogens with zero attached hydrogens (tertiary/aromatic N) is 3. The first kappa shape index (κ1) is 26.0. The molecule has 10 heteroatoms. The van der Waals surface area contributed by atoms with Gasteiger partial charge in [-0.25, -0.2) is 17.7 Å². The summed E-state index contributed by atoms with van der Waals surface area (Å²) in [7, 11) is -2.02. The van der Waals surface area contributed by atoms with Crippen molar-refractivity contribution in [3.8, 4) is 0 Å². The third-order valence-electron chi connectivity index (χ3n) is 6.50. The summed E-state index contributed by atoms with van der Waals surface area (Å²) in [5.74, 6) is 0.471. The predicted molar refractivity (Wildman–Crippen MR) is 133 cm³/mol. The smallest absolute Gasteiger partial charge is 0.316 e. The van der Waals surface area contributed by atoms with Gasteiger partial charge >= 0.3 is 6.18 Å². The van der Waals surface area contributed by atoms with Crippen molar-refractivity contribution in [3.05, 3.63) is 53.6 Å². The van der Waals surface area contributed by atoms with Gasteiger partial charge in [-0.1, -0.05) is 50.1 Å². The van der Waals surface area contributed by atoms with Gasteiger partial charge in [0.15, 0.2) is 5.16 Å². The van der Waals surface area contributed by atoms with E-state index in [0.29, 0.717) is 17.8 Å². The number of unbranched alkanes of at least 4 members (excludes halogenated alkanes) is 1. The lowest BCUT2D eigenvalue weighted by Crippen LogP contribution is -2.27. The zero-order chi connectivity index (χ0) is 25.2. The zero-order valence-corrected chi connectivity index (χ0v) is 21.5. The maximum atomic E-state index is 13.0. The van der Waals surface area contributed by atoms with Crippen LogP contribution in [0.5, 0.6) is 0 Å². The molecule has 0 atom stereocenters. The van der Waals surface area contributed by atoms with Gasteiger partial charge in [0.25, 0.3) is 0 Å². The lowest BCUT2D eigenvalue weighted by molar-refractivity contribution is -0.137. The molecule has 0 spiro atoms. The maximum absolute atomic E-state index is 13.0. The first-order valence-electron chi connectivity index (χ1n) is 11.9. The molecule has 1 aliphatic rings. The molecule has 0 aliphatic heterocycles. The summed E-state index contributed by atoms with van der Waals surface area (Å²) in [5.41, 5.74) is 1.62. The lowest BCUT2D eigenvalue weighted by atomic mass is 10.1. The third-order valence-corrected chi connectivity index (χ3v) is 9.38. The van der Waals surface area contributed by atoms with E-state index in [1.807, 2.05) is 13.0 Å². The van der Waals surface area contributed by atoms with Crippen LogP contribution >= 0.6 is 11.8 Å². The van der Waals surface area contributed by atoms with E-state index in [1.54, 1.807) is 19.2 Å². The number of alkyl halides is 3. The highest BCUT2D eigenvalue weighted by molar-refractivity contribution is 7.98. The number of benzene rings is 2. The van der Waals surface area contributed by atoms with Crippen LogP contribution in [0.1, 0.15) is 62.6 Å². The molecule has 0 amide bonds. The number of rotatable bonds is 9. The summed E-state index contributed by atoms with van der Waals surface area (Å²) in [6.45, 7) is 2.48. The predicted octanol–water partition coefficient (Wildman–Crippen LogP) is 6.88. The molecule has 0 bridgehead atoms. The number of imidazole rings is 1. The van der Waals surface area contributed by atoms with Crippen molar-refractivity contribution in [2.24, 2.45) is 0 Å². The summed E-state index contributed by atoms with van der Waals surface area (Å²) >= 11 is 1.47. The molecule has 0 unspecified atom stereocenters. The van der Waals surface area contributed by atoms with Gasteiger partial charge in [-0.05, 0) is 55.2 Å². The van der Waals surface area contributed by atoms with E-state index in [2.05, 4.69) is 4.57 Å². The second-order valence-corrected chi connectivity index (χ2v) is 12.0. The first-order chi connectivity index (χ1) is 16.6. The molecule has 35 heavy (non-hydrogen) atoms. The minimum Gasteiger partial charge on any atom is -0.316 e. The highest BCUT2D eigenvalue weighted by atomic mass is 32.2. The largest absolute Gasteiger partial charge is 0.416 e. The van der Waals surface area contributed by atoms with Crippen LogP contribution in [0.15, 0.2) is 52.5 Å². The van der Waals surface area contributed by atoms with Crippen molar-refractivity contribution in [2.45, 2.75) is 73.5 Å². The van der Waals surface area contributed by atoms with Crippen LogP contribution in [0.25, 0.3) is 11.0 Å². The second-order valence-electron chi connectivity index (χ2n) is 9.02. The van der Waals surface area contributed by atoms with E-state index in [0.717, 1.165) is 66.9 Å². The fourth-order valence-corrected chi connectivity index (χ4v) is 6.72. The van der Waals surface area contributed by atoms with Crippen molar-refractivity contribution in [1.29, 1.82) is 0 Å². The standard InChI is InChI=1S/C25H30F3N3O2S2/c1-3-4-15-30(2)35(32,33)21-13-14-23-22(16-21)29-24(31(23)20-7-5-6-8-20)34-17-18-9-11-19(12-10-18)25(26,27)28/h9-14,16,20H,3-8,15,17H2,1-2H3. The Kier molecular flexibility index (Phi) is 7.83. The molecule has 0 saturated heterocycles. The molecular formula is C25H30F3N3O2S2. The van der Waals surface area contributed by atoms with Crippen LogP contribution in [0.4, 0.5) is 13.2 Å². The van der Waals surface area contributed by atoms with Crippen molar-refractivity contribution in [2.75, 3.05) is 13.6 Å². The van der Waals surface area contributed by atoms with E-state index in [1.165, 1.54) is 28.2 Å². The molecule has 1 aromatic heterocycles. The molecule has 1 heterocycles. The van der Waals surface area contributed by atoms with Crippen LogP contribution in [-0.2, 0) is 22.0 Å². The molecule has 3 aromatic rings. The molecule has 190 valence electrons. The Morgan fingerprint density at radius 2 is 1.80 bits per heavy atom. The van der Waals surface area contributed by atoms with Gasteiger partial charge < -0.3 is 4.57 Å². The molecule has 1 aliphatic carbocycles. The third kappa shape index (κ3) is 5.70. The van der Waals surface area contributed by atoms with Gasteiger partial charge in [0.2, 0.25) is 10.0 Å². The second kappa shape index (κ2) is 10.5. The molecule has 4 rings (SSSR count). The molecule has 5 nitrogen and oxygen atoms in total. The van der Waals surface area contributed by atoms with E-state index in [9.17, 15) is 21.6 Å². The van der Waals surface area contributed by atoms with E-state index in [4.69, 9.17) is 4.98 Å². The number of hydrogen-bond acceptors (Lipinski definition) is 4. The van der Waals surface area contributed by atoms with Crippen LogP contribution < -0.4 is 0 Å². The van der Waals surface area contributed by atoms with Crippen molar-refractivity contribution < 1.29 is 21.6 Å². The van der Waals surface area contributed by atoms with Gasteiger partial charge in [0, 0.05) is 25.4 Å². The Bertz CT molecular complexity index is 1270. The molecule has 0 N–H and O–H groups in total. The summed E-state index contributed by atoms with van der Waals surface area (Å²) in [6.07, 6.45) is 1.65. The topological polar surface area (TPSA) is 55.2 Å². The molecule has 2 aromatic carbocycles. The number of thioether (sulfide) groups is 1. The van der Waals surface area contributed by atoms with Gasteiger partial charge in [-0.2, -0.15) is 13.2 Å². The maximum Gasteiger partial charge on any atom is 0.416 e. The number of aromatic nitrogens is 2. The van der Waals surface area contributed by atoms with Crippen LogP contribution in [0, 0.1) is 0 Å². The van der Waals surface area contributed by atoms with Crippen molar-refractivity contribution >= 4 is 32.8 Å². The Morgan fingerprint density at radius 1 is 1.11 bits per heavy atom. The zero-order valence-electron chi connectivity index (χ0n) is 19.9. The Morgan fingerprint density at radius 3 is 2.43 bits per heavy atom. The highest BCUT2D eigenvalue weighted by Gasteiger charge is 2.30. The summed E-state index contributed by atoms with van der Waals surface area (Å²) in [4.78, 5) is 5.01. The number of halogens is 3. The highest BCUT2D eigenvalue weighted by Crippen LogP contribution is 2.38. The van der Waals surface area contributed by atoms with E-state index >= 15 is 0 Å². The quantitative estimate of drug-likeness (QED) is 0.286. The molecular weight excluding hydrogens is 495 g/mol. The minimum atomic E-state index is -4.36. The fourth-order valence-electron chi connectivity index (χ4n) is 4.45. The van der Waals surface area contributed by atoms with E-state index in [-0.39, 0.29) is 10.9 Å². The van der Waals surface area contributed by atoms with Crippen LogP contribution in [-0.4, -0.2) is 35.9 Å². The number of sulfonamides is 1. The van der Waals surface area contributed by atoms with Gasteiger partial charge in [-0.3, -0.25) is 0 Å². The summed E-state index contributed by atoms with van der Waals surface area (Å²) in [6, 6.07) is 10.6. The van der Waals surface area contributed by atoms with Crippen molar-refractivity contribution in [1.82, 2.24) is 13.9 Å². The minimum absolute atomic E-state index is 0.221. The average Bonchev–Trinajstić information content (AvgIpc) is 3.47. The van der Waals surface area contributed by atoms with Gasteiger partial charge in [-0.15, -0.1) is 0 Å². The van der Waals surface area contributed by atoms with Crippen molar-refractivity contribution in [3.63, 3.8) is 0 Å². The number of hydrogen-bond donors (Lipinski definition) is 0. The van der Waals surface area contributed by atoms with E-state index < -0.39 is 21.8 Å². The monoisotopic (exact) mass is 525 g/mol. The van der Waals surface area contributed by atoms with Crippen LogP contribution in [0.3, 0.4) is 0 Å². The summed E-state index contributed by atoms with van der Waals surface area (Å²) in [5, 5.41) is 0.765. The number of fused-ring (bicyclic) bond motifs is 1. The molecule has 0 radical (unpaired) electrons. The van der Waals surface area contributed by atoms with Gasteiger partial charge in [0.05, 0.1) is 21.5 Å². The Labute approximate surface area is 208 Å².